The van der Waals surface area contributed by atoms with Crippen LogP contribution in [0.2, 0.25) is 0 Å². The normalized spacial score (nSPS) is 20.0. The summed E-state index contributed by atoms with van der Waals surface area (Å²) in [6, 6.07) is 42.0. The van der Waals surface area contributed by atoms with E-state index in [0.29, 0.717) is 0 Å². The topological polar surface area (TPSA) is 66.5 Å². The van der Waals surface area contributed by atoms with Crippen molar-refractivity contribution >= 4 is 49.6 Å². The van der Waals surface area contributed by atoms with E-state index in [0.717, 1.165) is 61.0 Å². The van der Waals surface area contributed by atoms with Crippen LogP contribution in [0.1, 0.15) is 23.5 Å². The Kier molecular flexibility index (Phi) is 5.67. The molecule has 3 atom stereocenters. The van der Waals surface area contributed by atoms with Gasteiger partial charge < -0.3 is 19.6 Å². The molecule has 5 aromatic carbocycles. The Morgan fingerprint density at radius 3 is 2.27 bits per heavy atom. The van der Waals surface area contributed by atoms with Crippen LogP contribution in [0, 0.1) is 0 Å². The average molecular weight is 572 g/mol. The molecule has 0 saturated heterocycles. The molecule has 9 rings (SSSR count). The maximum Gasteiger partial charge on any atom is 0.145 e. The molecule has 2 aliphatic heterocycles. The summed E-state index contributed by atoms with van der Waals surface area (Å²) in [7, 11) is 0. The van der Waals surface area contributed by atoms with E-state index in [4.69, 9.17) is 9.41 Å². The van der Waals surface area contributed by atoms with E-state index >= 15 is 0 Å². The molecule has 212 valence electrons. The van der Waals surface area contributed by atoms with Crippen LogP contribution in [0.25, 0.3) is 43.7 Å². The van der Waals surface area contributed by atoms with Gasteiger partial charge in [-0.25, -0.2) is 4.99 Å². The van der Waals surface area contributed by atoms with Gasteiger partial charge in [0.25, 0.3) is 0 Å². The number of dihydropyridines is 1. The lowest BCUT2D eigenvalue weighted by Gasteiger charge is -2.36. The standard InChI is InChI=1S/C38H29N5O/c1-3-12-24(13-4-1)36-40-37(25-14-5-2-6-15-25)42-38(41-36)29-18-11-21-33(39-29)43-30-19-9-7-17-28(30)34-31(43)23-22-27-26-16-8-10-20-32(26)44-35(27)34/h1-23,33,36,38-39,41H,(H,40,42). The highest BCUT2D eigenvalue weighted by molar-refractivity contribution is 6.23. The zero-order valence-corrected chi connectivity index (χ0v) is 23.8. The smallest absolute Gasteiger partial charge is 0.145 e. The Hall–Kier alpha value is -5.59. The number of para-hydroxylation sites is 2. The Morgan fingerprint density at radius 2 is 1.41 bits per heavy atom. The van der Waals surface area contributed by atoms with Gasteiger partial charge in [-0.1, -0.05) is 103 Å². The molecule has 7 aromatic rings. The molecule has 44 heavy (non-hydrogen) atoms. The quantitative estimate of drug-likeness (QED) is 0.201. The summed E-state index contributed by atoms with van der Waals surface area (Å²) >= 11 is 0. The van der Waals surface area contributed by atoms with Gasteiger partial charge in [0.2, 0.25) is 0 Å². The van der Waals surface area contributed by atoms with Crippen LogP contribution in [0.15, 0.2) is 155 Å². The minimum Gasteiger partial charge on any atom is -0.455 e. The van der Waals surface area contributed by atoms with E-state index in [9.17, 15) is 0 Å². The summed E-state index contributed by atoms with van der Waals surface area (Å²) in [4.78, 5) is 5.07. The summed E-state index contributed by atoms with van der Waals surface area (Å²) < 4.78 is 8.88. The number of fused-ring (bicyclic) bond motifs is 7. The fraction of sp³-hybridized carbons (Fsp3) is 0.0789. The fourth-order valence-corrected chi connectivity index (χ4v) is 6.69. The zero-order chi connectivity index (χ0) is 29.0. The number of nitrogens with zero attached hydrogens (tertiary/aromatic N) is 2. The minimum atomic E-state index is -0.195. The van der Waals surface area contributed by atoms with Crippen molar-refractivity contribution in [3.05, 3.63) is 156 Å². The number of hydrogen-bond donors (Lipinski definition) is 3. The molecule has 0 saturated carbocycles. The van der Waals surface area contributed by atoms with Crippen LogP contribution in [0.5, 0.6) is 0 Å². The van der Waals surface area contributed by atoms with E-state index in [1.165, 1.54) is 5.39 Å². The molecule has 2 aliphatic rings. The first-order valence-electron chi connectivity index (χ1n) is 15.0. The van der Waals surface area contributed by atoms with Crippen LogP contribution in [0.3, 0.4) is 0 Å². The van der Waals surface area contributed by atoms with Crippen molar-refractivity contribution in [2.45, 2.75) is 18.5 Å². The molecule has 0 amide bonds. The van der Waals surface area contributed by atoms with Gasteiger partial charge in [-0.3, -0.25) is 5.32 Å². The monoisotopic (exact) mass is 571 g/mol. The van der Waals surface area contributed by atoms with Crippen LogP contribution in [-0.2, 0) is 0 Å². The summed E-state index contributed by atoms with van der Waals surface area (Å²) in [6.45, 7) is 0. The molecule has 2 aromatic heterocycles. The van der Waals surface area contributed by atoms with Crippen molar-refractivity contribution < 1.29 is 4.42 Å². The molecule has 6 heteroatoms. The maximum atomic E-state index is 6.50. The number of benzene rings is 5. The van der Waals surface area contributed by atoms with Crippen molar-refractivity contribution in [3.8, 4) is 0 Å². The minimum absolute atomic E-state index is 0.114. The van der Waals surface area contributed by atoms with Crippen molar-refractivity contribution in [1.82, 2.24) is 20.5 Å². The molecule has 3 unspecified atom stereocenters. The molecule has 4 heterocycles. The fourth-order valence-electron chi connectivity index (χ4n) is 6.69. The third kappa shape index (κ3) is 3.96. The number of furan rings is 1. The van der Waals surface area contributed by atoms with Crippen LogP contribution >= 0.6 is 0 Å². The van der Waals surface area contributed by atoms with Crippen molar-refractivity contribution in [2.24, 2.45) is 4.99 Å². The van der Waals surface area contributed by atoms with Gasteiger partial charge in [-0.2, -0.15) is 0 Å². The maximum absolute atomic E-state index is 6.50. The molecular weight excluding hydrogens is 542 g/mol. The first kappa shape index (κ1) is 25.0. The van der Waals surface area contributed by atoms with E-state index in [1.54, 1.807) is 0 Å². The Balaban J connectivity index is 1.13. The van der Waals surface area contributed by atoms with Gasteiger partial charge in [0.05, 0.1) is 22.1 Å². The molecule has 0 spiro atoms. The van der Waals surface area contributed by atoms with Gasteiger partial charge in [-0.05, 0) is 42.0 Å². The summed E-state index contributed by atoms with van der Waals surface area (Å²) in [5.41, 5.74) is 7.33. The molecule has 0 bridgehead atoms. The predicted octanol–water partition coefficient (Wildman–Crippen LogP) is 7.90. The van der Waals surface area contributed by atoms with Crippen LogP contribution in [0.4, 0.5) is 0 Å². The van der Waals surface area contributed by atoms with E-state index in [1.807, 2.05) is 36.4 Å². The van der Waals surface area contributed by atoms with Gasteiger partial charge in [0.15, 0.2) is 0 Å². The van der Waals surface area contributed by atoms with Crippen molar-refractivity contribution in [1.29, 1.82) is 0 Å². The average Bonchev–Trinajstić information content (AvgIpc) is 3.65. The van der Waals surface area contributed by atoms with E-state index < -0.39 is 0 Å². The van der Waals surface area contributed by atoms with Crippen LogP contribution in [-0.4, -0.2) is 16.6 Å². The Morgan fingerprint density at radius 1 is 0.659 bits per heavy atom. The van der Waals surface area contributed by atoms with Gasteiger partial charge >= 0.3 is 0 Å². The second-order valence-corrected chi connectivity index (χ2v) is 11.3. The zero-order valence-electron chi connectivity index (χ0n) is 23.8. The number of aliphatic imine (C=N–C) groups is 1. The largest absolute Gasteiger partial charge is 0.455 e. The third-order valence-electron chi connectivity index (χ3n) is 8.72. The van der Waals surface area contributed by atoms with Crippen molar-refractivity contribution in [3.63, 3.8) is 0 Å². The second kappa shape index (κ2) is 10.0. The third-order valence-corrected chi connectivity index (χ3v) is 8.72. The molecule has 0 fully saturated rings. The lowest BCUT2D eigenvalue weighted by atomic mass is 10.1. The second-order valence-electron chi connectivity index (χ2n) is 11.3. The van der Waals surface area contributed by atoms with Crippen molar-refractivity contribution in [2.75, 3.05) is 0 Å². The van der Waals surface area contributed by atoms with E-state index in [-0.39, 0.29) is 18.5 Å². The Bertz CT molecular complexity index is 2280. The van der Waals surface area contributed by atoms with Gasteiger partial charge in [0, 0.05) is 21.7 Å². The number of allylic oxidation sites excluding steroid dienone is 2. The number of nitrogens with one attached hydrogen (secondary N) is 3. The SMILES string of the molecule is C1=CC(n2c3ccccc3c3c4oc5ccccc5c4ccc32)NC(C2NC(c3ccccc3)=NC(c3ccccc3)N2)=C1. The van der Waals surface area contributed by atoms with Crippen LogP contribution < -0.4 is 16.0 Å². The lowest BCUT2D eigenvalue weighted by molar-refractivity contribution is 0.401. The first-order chi connectivity index (χ1) is 21.8. The highest BCUT2D eigenvalue weighted by Crippen LogP contribution is 2.40. The van der Waals surface area contributed by atoms with Gasteiger partial charge in [-0.15, -0.1) is 0 Å². The number of amidine groups is 1. The molecule has 6 nitrogen and oxygen atoms in total. The molecular formula is C38H29N5O. The number of aromatic nitrogens is 1. The molecule has 0 radical (unpaired) electrons. The number of rotatable bonds is 4. The summed E-state index contributed by atoms with van der Waals surface area (Å²) in [5, 5.41) is 15.8. The van der Waals surface area contributed by atoms with E-state index in [2.05, 4.69) is 124 Å². The predicted molar refractivity (Wildman–Crippen MR) is 178 cm³/mol. The highest BCUT2D eigenvalue weighted by atomic mass is 16.3. The molecule has 0 aliphatic carbocycles. The summed E-state index contributed by atoms with van der Waals surface area (Å²) in [6.07, 6.45) is 6.00. The lowest BCUT2D eigenvalue weighted by Crippen LogP contribution is -2.55. The first-order valence-corrected chi connectivity index (χ1v) is 15.0. The highest BCUT2D eigenvalue weighted by Gasteiger charge is 2.29. The Labute approximate surface area is 254 Å². The number of hydrogen-bond acceptors (Lipinski definition) is 5. The van der Waals surface area contributed by atoms with Gasteiger partial charge in [0.1, 0.15) is 35.5 Å². The summed E-state index contributed by atoms with van der Waals surface area (Å²) in [5.74, 6) is 0.862. The molecule has 3 N–H and O–H groups in total.